The molecule has 3 N–H and O–H groups in total. The fraction of sp³-hybridized carbons (Fsp3) is 0.0769. The minimum absolute atomic E-state index is 0.237. The van der Waals surface area contributed by atoms with Crippen molar-refractivity contribution in [3.63, 3.8) is 0 Å². The molecule has 2 aromatic carbocycles. The molecule has 4 nitrogen and oxygen atoms in total. The number of hydrogen-bond acceptors (Lipinski definition) is 3. The molecule has 0 atom stereocenters. The summed E-state index contributed by atoms with van der Waals surface area (Å²) in [5, 5.41) is 0. The Balaban J connectivity index is 2.34. The van der Waals surface area contributed by atoms with Crippen LogP contribution in [0.15, 0.2) is 53.4 Å². The van der Waals surface area contributed by atoms with Crippen LogP contribution >= 0.6 is 0 Å². The highest BCUT2D eigenvalue weighted by Crippen LogP contribution is 2.21. The van der Waals surface area contributed by atoms with Gasteiger partial charge in [-0.05, 0) is 42.8 Å². The van der Waals surface area contributed by atoms with Crippen LogP contribution < -0.4 is 10.5 Å². The van der Waals surface area contributed by atoms with Gasteiger partial charge in [0, 0.05) is 5.69 Å². The molecule has 0 bridgehead atoms. The van der Waals surface area contributed by atoms with Gasteiger partial charge in [-0.15, -0.1) is 0 Å². The molecule has 0 aliphatic rings. The van der Waals surface area contributed by atoms with E-state index in [0.29, 0.717) is 11.4 Å². The Morgan fingerprint density at radius 1 is 1.06 bits per heavy atom. The molecule has 0 unspecified atom stereocenters. The molecule has 5 heteroatoms. The maximum absolute atomic E-state index is 12.1. The number of aryl methyl sites for hydroxylation is 1. The molecule has 0 aliphatic carbocycles. The minimum Gasteiger partial charge on any atom is -0.399 e. The van der Waals surface area contributed by atoms with Crippen molar-refractivity contribution < 1.29 is 8.42 Å². The largest absolute Gasteiger partial charge is 0.399 e. The molecule has 0 heterocycles. The van der Waals surface area contributed by atoms with Crippen molar-refractivity contribution in [3.05, 3.63) is 54.1 Å². The van der Waals surface area contributed by atoms with Crippen LogP contribution in [-0.2, 0) is 10.0 Å². The van der Waals surface area contributed by atoms with Crippen molar-refractivity contribution in [2.45, 2.75) is 11.8 Å². The Bertz CT molecular complexity index is 652. The van der Waals surface area contributed by atoms with Gasteiger partial charge in [-0.1, -0.05) is 18.2 Å². The molecule has 94 valence electrons. The van der Waals surface area contributed by atoms with E-state index in [1.807, 2.05) is 0 Å². The van der Waals surface area contributed by atoms with Crippen LogP contribution in [0.2, 0.25) is 0 Å². The minimum atomic E-state index is -3.54. The quantitative estimate of drug-likeness (QED) is 0.834. The lowest BCUT2D eigenvalue weighted by Gasteiger charge is -2.10. The third kappa shape index (κ3) is 2.62. The molecular formula is C13H14N2O2S. The first-order valence-electron chi connectivity index (χ1n) is 5.43. The summed E-state index contributed by atoms with van der Waals surface area (Å²) in [5.41, 5.74) is 7.55. The van der Waals surface area contributed by atoms with E-state index in [2.05, 4.69) is 4.72 Å². The molecule has 0 radical (unpaired) electrons. The van der Waals surface area contributed by atoms with Crippen molar-refractivity contribution in [1.29, 1.82) is 0 Å². The summed E-state index contributed by atoms with van der Waals surface area (Å²) >= 11 is 0. The predicted octanol–water partition coefficient (Wildman–Crippen LogP) is 2.38. The summed E-state index contributed by atoms with van der Waals surface area (Å²) in [6, 6.07) is 13.3. The van der Waals surface area contributed by atoms with E-state index in [4.69, 9.17) is 5.73 Å². The second kappa shape index (κ2) is 4.70. The third-order valence-electron chi connectivity index (χ3n) is 2.55. The second-order valence-corrected chi connectivity index (χ2v) is 5.68. The fourth-order valence-electron chi connectivity index (χ4n) is 1.60. The first kappa shape index (κ1) is 12.4. The Kier molecular flexibility index (Phi) is 3.25. The van der Waals surface area contributed by atoms with Crippen LogP contribution in [0.4, 0.5) is 11.4 Å². The topological polar surface area (TPSA) is 72.2 Å². The zero-order valence-corrected chi connectivity index (χ0v) is 10.7. The average Bonchev–Trinajstić information content (AvgIpc) is 2.34. The van der Waals surface area contributed by atoms with Gasteiger partial charge < -0.3 is 5.73 Å². The number of sulfonamides is 1. The Hall–Kier alpha value is -2.01. The van der Waals surface area contributed by atoms with Crippen molar-refractivity contribution >= 4 is 21.4 Å². The fourth-order valence-corrected chi connectivity index (χ4v) is 2.76. The van der Waals surface area contributed by atoms with Crippen LogP contribution in [0, 0.1) is 6.92 Å². The smallest absolute Gasteiger partial charge is 0.261 e. The summed E-state index contributed by atoms with van der Waals surface area (Å²) in [6.07, 6.45) is 0. The zero-order valence-electron chi connectivity index (χ0n) is 9.92. The lowest BCUT2D eigenvalue weighted by molar-refractivity contribution is 0.601. The van der Waals surface area contributed by atoms with E-state index < -0.39 is 10.0 Å². The van der Waals surface area contributed by atoms with Gasteiger partial charge in [0.15, 0.2) is 0 Å². The standard InChI is InChI=1S/C13H14N2O2S/c1-10-9-11(14)7-8-13(10)15-18(16,17)12-5-3-2-4-6-12/h2-9,15H,14H2,1H3. The van der Waals surface area contributed by atoms with Gasteiger partial charge in [-0.3, -0.25) is 4.72 Å². The zero-order chi connectivity index (χ0) is 13.2. The monoisotopic (exact) mass is 262 g/mol. The van der Waals surface area contributed by atoms with Crippen LogP contribution in [0.5, 0.6) is 0 Å². The van der Waals surface area contributed by atoms with Gasteiger partial charge in [0.2, 0.25) is 0 Å². The highest BCUT2D eigenvalue weighted by molar-refractivity contribution is 7.92. The highest BCUT2D eigenvalue weighted by atomic mass is 32.2. The lowest BCUT2D eigenvalue weighted by Crippen LogP contribution is -2.13. The van der Waals surface area contributed by atoms with E-state index in [1.165, 1.54) is 0 Å². The molecule has 18 heavy (non-hydrogen) atoms. The summed E-state index contributed by atoms with van der Waals surface area (Å²) in [4.78, 5) is 0.237. The number of anilines is 2. The maximum Gasteiger partial charge on any atom is 0.261 e. The van der Waals surface area contributed by atoms with Crippen LogP contribution in [0.3, 0.4) is 0 Å². The summed E-state index contributed by atoms with van der Waals surface area (Å²) in [6.45, 7) is 1.80. The number of benzene rings is 2. The summed E-state index contributed by atoms with van der Waals surface area (Å²) in [5.74, 6) is 0. The van der Waals surface area contributed by atoms with Gasteiger partial charge >= 0.3 is 0 Å². The molecule has 2 aromatic rings. The molecule has 0 aliphatic heterocycles. The number of nitrogens with one attached hydrogen (secondary N) is 1. The Morgan fingerprint density at radius 2 is 1.72 bits per heavy atom. The molecule has 0 saturated heterocycles. The van der Waals surface area contributed by atoms with Crippen LogP contribution in [-0.4, -0.2) is 8.42 Å². The number of nitrogen functional groups attached to an aromatic ring is 1. The summed E-state index contributed by atoms with van der Waals surface area (Å²) < 4.78 is 26.7. The molecule has 0 fully saturated rings. The van der Waals surface area contributed by atoms with Crippen molar-refractivity contribution in [2.75, 3.05) is 10.5 Å². The molecule has 0 spiro atoms. The van der Waals surface area contributed by atoms with Crippen LogP contribution in [0.25, 0.3) is 0 Å². The van der Waals surface area contributed by atoms with E-state index in [0.717, 1.165) is 5.56 Å². The normalized spacial score (nSPS) is 11.2. The number of nitrogens with two attached hydrogens (primary N) is 1. The van der Waals surface area contributed by atoms with Crippen molar-refractivity contribution in [2.24, 2.45) is 0 Å². The Labute approximate surface area is 107 Å². The number of rotatable bonds is 3. The summed E-state index contributed by atoms with van der Waals surface area (Å²) in [7, 11) is -3.54. The van der Waals surface area contributed by atoms with E-state index in [9.17, 15) is 8.42 Å². The SMILES string of the molecule is Cc1cc(N)ccc1NS(=O)(=O)c1ccccc1. The maximum atomic E-state index is 12.1. The van der Waals surface area contributed by atoms with Gasteiger partial charge in [0.05, 0.1) is 10.6 Å². The molecule has 2 rings (SSSR count). The Morgan fingerprint density at radius 3 is 2.33 bits per heavy atom. The van der Waals surface area contributed by atoms with Crippen molar-refractivity contribution in [1.82, 2.24) is 0 Å². The highest BCUT2D eigenvalue weighted by Gasteiger charge is 2.14. The average molecular weight is 262 g/mol. The van der Waals surface area contributed by atoms with Gasteiger partial charge in [0.25, 0.3) is 10.0 Å². The van der Waals surface area contributed by atoms with Gasteiger partial charge in [-0.25, -0.2) is 8.42 Å². The first-order chi connectivity index (χ1) is 8.49. The van der Waals surface area contributed by atoms with Crippen molar-refractivity contribution in [3.8, 4) is 0 Å². The molecule has 0 aromatic heterocycles. The van der Waals surface area contributed by atoms with E-state index in [-0.39, 0.29) is 4.90 Å². The number of hydrogen-bond donors (Lipinski definition) is 2. The first-order valence-corrected chi connectivity index (χ1v) is 6.91. The molecule has 0 amide bonds. The van der Waals surface area contributed by atoms with E-state index >= 15 is 0 Å². The molecule has 0 saturated carbocycles. The molecular weight excluding hydrogens is 248 g/mol. The lowest BCUT2D eigenvalue weighted by atomic mass is 10.2. The van der Waals surface area contributed by atoms with Crippen LogP contribution in [0.1, 0.15) is 5.56 Å². The van der Waals surface area contributed by atoms with E-state index in [1.54, 1.807) is 55.5 Å². The third-order valence-corrected chi connectivity index (χ3v) is 3.93. The predicted molar refractivity (Wildman–Crippen MR) is 72.8 cm³/mol. The van der Waals surface area contributed by atoms with Gasteiger partial charge in [-0.2, -0.15) is 0 Å². The van der Waals surface area contributed by atoms with Gasteiger partial charge in [0.1, 0.15) is 0 Å². The second-order valence-electron chi connectivity index (χ2n) is 3.99.